The van der Waals surface area contributed by atoms with E-state index < -0.39 is 18.3 Å². The van der Waals surface area contributed by atoms with E-state index in [-0.39, 0.29) is 6.04 Å². The molecule has 0 radical (unpaired) electrons. The third-order valence-electron chi connectivity index (χ3n) is 3.99. The standard InChI is InChI=1S/C17H19NO3/c19-15-9-8-14(16(20)17(15)21)18-10-12-6-3-5-11-4-1-2-7-13(11)12/h1-9,14-21H,10H2/t14-,15-,16+,17+/m1/s1. The number of hydrogen-bond donors (Lipinski definition) is 4. The Morgan fingerprint density at radius 1 is 0.857 bits per heavy atom. The van der Waals surface area contributed by atoms with Crippen LogP contribution in [0.15, 0.2) is 54.6 Å². The molecule has 0 bridgehead atoms. The molecule has 1 aliphatic rings. The van der Waals surface area contributed by atoms with Gasteiger partial charge in [0.15, 0.2) is 0 Å². The molecule has 0 aromatic heterocycles. The van der Waals surface area contributed by atoms with Gasteiger partial charge in [0.2, 0.25) is 0 Å². The van der Waals surface area contributed by atoms with Crippen molar-refractivity contribution in [1.82, 2.24) is 5.32 Å². The molecule has 0 heterocycles. The number of hydrogen-bond acceptors (Lipinski definition) is 4. The highest BCUT2D eigenvalue weighted by molar-refractivity contribution is 5.85. The lowest BCUT2D eigenvalue weighted by molar-refractivity contribution is -0.0567. The maximum atomic E-state index is 9.98. The maximum Gasteiger partial charge on any atom is 0.111 e. The van der Waals surface area contributed by atoms with E-state index in [4.69, 9.17) is 0 Å². The fourth-order valence-electron chi connectivity index (χ4n) is 2.74. The van der Waals surface area contributed by atoms with Crippen molar-refractivity contribution in [3.8, 4) is 0 Å². The molecule has 21 heavy (non-hydrogen) atoms. The van der Waals surface area contributed by atoms with Crippen LogP contribution in [-0.4, -0.2) is 39.7 Å². The van der Waals surface area contributed by atoms with Crippen LogP contribution in [0.5, 0.6) is 0 Å². The number of nitrogens with one attached hydrogen (secondary N) is 1. The summed E-state index contributed by atoms with van der Waals surface area (Å²) in [4.78, 5) is 0. The van der Waals surface area contributed by atoms with E-state index >= 15 is 0 Å². The Morgan fingerprint density at radius 3 is 2.48 bits per heavy atom. The number of aliphatic hydroxyl groups excluding tert-OH is 3. The van der Waals surface area contributed by atoms with E-state index in [1.54, 1.807) is 6.08 Å². The Balaban J connectivity index is 1.77. The van der Waals surface area contributed by atoms with Gasteiger partial charge in [-0.25, -0.2) is 0 Å². The zero-order valence-electron chi connectivity index (χ0n) is 11.6. The summed E-state index contributed by atoms with van der Waals surface area (Å²) in [6.45, 7) is 0.580. The van der Waals surface area contributed by atoms with Crippen LogP contribution in [-0.2, 0) is 6.54 Å². The van der Waals surface area contributed by atoms with Crippen molar-refractivity contribution in [1.29, 1.82) is 0 Å². The number of benzene rings is 2. The molecule has 0 unspecified atom stereocenters. The molecular weight excluding hydrogens is 266 g/mol. The van der Waals surface area contributed by atoms with Crippen molar-refractivity contribution in [2.45, 2.75) is 30.9 Å². The van der Waals surface area contributed by atoms with Gasteiger partial charge < -0.3 is 20.6 Å². The van der Waals surface area contributed by atoms with Gasteiger partial charge in [-0.05, 0) is 16.3 Å². The van der Waals surface area contributed by atoms with Gasteiger partial charge in [-0.15, -0.1) is 0 Å². The van der Waals surface area contributed by atoms with E-state index in [9.17, 15) is 15.3 Å². The highest BCUT2D eigenvalue weighted by Crippen LogP contribution is 2.19. The van der Waals surface area contributed by atoms with Crippen molar-refractivity contribution in [2.75, 3.05) is 0 Å². The quantitative estimate of drug-likeness (QED) is 0.634. The number of fused-ring (bicyclic) bond motifs is 1. The van der Waals surface area contributed by atoms with E-state index in [2.05, 4.69) is 23.5 Å². The zero-order valence-corrected chi connectivity index (χ0v) is 11.6. The average molecular weight is 285 g/mol. The third-order valence-corrected chi connectivity index (χ3v) is 3.99. The highest BCUT2D eigenvalue weighted by atomic mass is 16.4. The summed E-state index contributed by atoms with van der Waals surface area (Å²) in [5.41, 5.74) is 1.13. The van der Waals surface area contributed by atoms with E-state index in [0.717, 1.165) is 5.56 Å². The Labute approximate surface area is 123 Å². The molecule has 1 aliphatic carbocycles. The smallest absolute Gasteiger partial charge is 0.111 e. The van der Waals surface area contributed by atoms with Crippen LogP contribution in [0.2, 0.25) is 0 Å². The van der Waals surface area contributed by atoms with Crippen LogP contribution < -0.4 is 5.32 Å². The Morgan fingerprint density at radius 2 is 1.62 bits per heavy atom. The van der Waals surface area contributed by atoms with E-state index in [0.29, 0.717) is 6.54 Å². The third kappa shape index (κ3) is 2.84. The molecule has 4 atom stereocenters. The summed E-state index contributed by atoms with van der Waals surface area (Å²) in [5.74, 6) is 0. The van der Waals surface area contributed by atoms with E-state index in [1.165, 1.54) is 16.8 Å². The van der Waals surface area contributed by atoms with Gasteiger partial charge in [0.25, 0.3) is 0 Å². The molecule has 0 saturated carbocycles. The lowest BCUT2D eigenvalue weighted by Gasteiger charge is -2.31. The fraction of sp³-hybridized carbons (Fsp3) is 0.294. The van der Waals surface area contributed by atoms with Gasteiger partial charge in [0.05, 0.1) is 6.04 Å². The van der Waals surface area contributed by atoms with Crippen molar-refractivity contribution < 1.29 is 15.3 Å². The summed E-state index contributed by atoms with van der Waals surface area (Å²) in [6.07, 6.45) is 0.0429. The second kappa shape index (κ2) is 5.95. The number of rotatable bonds is 3. The van der Waals surface area contributed by atoms with E-state index in [1.807, 2.05) is 24.3 Å². The zero-order chi connectivity index (χ0) is 14.8. The maximum absolute atomic E-state index is 9.98. The van der Waals surface area contributed by atoms with Crippen LogP contribution in [0.4, 0.5) is 0 Å². The van der Waals surface area contributed by atoms with Crippen LogP contribution in [0, 0.1) is 0 Å². The summed E-state index contributed by atoms with van der Waals surface area (Å²) in [6, 6.07) is 13.9. The second-order valence-electron chi connectivity index (χ2n) is 5.40. The Hall–Kier alpha value is -1.72. The van der Waals surface area contributed by atoms with Crippen LogP contribution in [0.3, 0.4) is 0 Å². The minimum Gasteiger partial charge on any atom is -0.388 e. The van der Waals surface area contributed by atoms with Gasteiger partial charge in [0.1, 0.15) is 18.3 Å². The monoisotopic (exact) mass is 285 g/mol. The van der Waals surface area contributed by atoms with Crippen molar-refractivity contribution in [3.05, 3.63) is 60.2 Å². The molecule has 2 aromatic carbocycles. The summed E-state index contributed by atoms with van der Waals surface area (Å²) < 4.78 is 0. The normalized spacial score (nSPS) is 28.9. The van der Waals surface area contributed by atoms with Crippen LogP contribution in [0.25, 0.3) is 10.8 Å². The summed E-state index contributed by atoms with van der Waals surface area (Å²) >= 11 is 0. The molecule has 4 nitrogen and oxygen atoms in total. The first-order chi connectivity index (χ1) is 10.2. The van der Waals surface area contributed by atoms with Crippen molar-refractivity contribution >= 4 is 10.8 Å². The first kappa shape index (κ1) is 14.2. The van der Waals surface area contributed by atoms with Gasteiger partial charge in [-0.3, -0.25) is 0 Å². The van der Waals surface area contributed by atoms with Gasteiger partial charge >= 0.3 is 0 Å². The van der Waals surface area contributed by atoms with Gasteiger partial charge in [0, 0.05) is 6.54 Å². The van der Waals surface area contributed by atoms with Crippen LogP contribution in [0.1, 0.15) is 5.56 Å². The lowest BCUT2D eigenvalue weighted by atomic mass is 9.94. The molecule has 110 valence electrons. The fourth-order valence-corrected chi connectivity index (χ4v) is 2.74. The van der Waals surface area contributed by atoms with Crippen molar-refractivity contribution in [3.63, 3.8) is 0 Å². The molecule has 4 heteroatoms. The summed E-state index contributed by atoms with van der Waals surface area (Å²) in [7, 11) is 0. The summed E-state index contributed by atoms with van der Waals surface area (Å²) in [5, 5.41) is 34.7. The topological polar surface area (TPSA) is 72.7 Å². The Bertz CT molecular complexity index is 650. The molecule has 0 amide bonds. The average Bonchev–Trinajstić information content (AvgIpc) is 2.52. The predicted octanol–water partition coefficient (Wildman–Crippen LogP) is 0.950. The molecule has 2 aromatic rings. The largest absolute Gasteiger partial charge is 0.388 e. The molecule has 0 saturated heterocycles. The van der Waals surface area contributed by atoms with Crippen molar-refractivity contribution in [2.24, 2.45) is 0 Å². The van der Waals surface area contributed by atoms with Crippen LogP contribution >= 0.6 is 0 Å². The second-order valence-corrected chi connectivity index (χ2v) is 5.40. The van der Waals surface area contributed by atoms with Gasteiger partial charge in [-0.1, -0.05) is 54.6 Å². The Kier molecular flexibility index (Phi) is 4.03. The van der Waals surface area contributed by atoms with Gasteiger partial charge in [-0.2, -0.15) is 0 Å². The SMILES string of the molecule is O[C@@H]1[C@@H](O)[C@H](NCc2cccc3ccccc23)C=C[C@H]1O. The predicted molar refractivity (Wildman–Crippen MR) is 81.7 cm³/mol. The molecule has 0 spiro atoms. The first-order valence-electron chi connectivity index (χ1n) is 7.09. The minimum atomic E-state index is -1.15. The molecule has 0 aliphatic heterocycles. The molecular formula is C17H19NO3. The molecule has 3 rings (SSSR count). The minimum absolute atomic E-state index is 0.373. The lowest BCUT2D eigenvalue weighted by Crippen LogP contribution is -2.51. The molecule has 4 N–H and O–H groups in total. The first-order valence-corrected chi connectivity index (χ1v) is 7.09. The number of aliphatic hydroxyl groups is 3. The molecule has 0 fully saturated rings. The highest BCUT2D eigenvalue weighted by Gasteiger charge is 2.32.